The summed E-state index contributed by atoms with van der Waals surface area (Å²) in [5.74, 6) is -0.322. The minimum absolute atomic E-state index is 0.0263. The van der Waals surface area contributed by atoms with Crippen molar-refractivity contribution in [1.82, 2.24) is 19.7 Å². The van der Waals surface area contributed by atoms with Crippen molar-refractivity contribution < 1.29 is 23.1 Å². The summed E-state index contributed by atoms with van der Waals surface area (Å²) in [4.78, 5) is 20.4. The van der Waals surface area contributed by atoms with Gasteiger partial charge in [-0.05, 0) is 36.4 Å². The first-order valence-corrected chi connectivity index (χ1v) is 12.5. The van der Waals surface area contributed by atoms with E-state index < -0.39 is 16.0 Å². The molecular weight excluding hydrogens is 494 g/mol. The number of fused-ring (bicyclic) bond motifs is 1. The summed E-state index contributed by atoms with van der Waals surface area (Å²) < 4.78 is 35.6. The van der Waals surface area contributed by atoms with Crippen LogP contribution in [0, 0.1) is 0 Å². The first kappa shape index (κ1) is 23.9. The van der Waals surface area contributed by atoms with E-state index in [1.54, 1.807) is 31.6 Å². The molecule has 0 aliphatic rings. The lowest BCUT2D eigenvalue weighted by Crippen LogP contribution is -2.28. The molecule has 0 aliphatic heterocycles. The van der Waals surface area contributed by atoms with Gasteiger partial charge in [-0.1, -0.05) is 30.3 Å². The average molecular weight is 516 g/mol. The van der Waals surface area contributed by atoms with Gasteiger partial charge in [-0.25, -0.2) is 22.9 Å². The van der Waals surface area contributed by atoms with E-state index in [1.807, 2.05) is 30.3 Å². The van der Waals surface area contributed by atoms with Gasteiger partial charge < -0.3 is 9.84 Å². The molecular formula is C26H21N5O5S. The molecule has 0 radical (unpaired) electrons. The van der Waals surface area contributed by atoms with Crippen LogP contribution in [-0.2, 0) is 17.1 Å². The third-order valence-corrected chi connectivity index (χ3v) is 7.56. The van der Waals surface area contributed by atoms with Crippen molar-refractivity contribution in [2.24, 2.45) is 7.05 Å². The number of hydrogen-bond acceptors (Lipinski definition) is 7. The van der Waals surface area contributed by atoms with Crippen LogP contribution in [0.2, 0.25) is 0 Å². The maximum atomic E-state index is 13.7. The molecule has 0 bridgehead atoms. The Morgan fingerprint density at radius 1 is 0.973 bits per heavy atom. The zero-order valence-corrected chi connectivity index (χ0v) is 20.6. The van der Waals surface area contributed by atoms with Gasteiger partial charge in [-0.3, -0.25) is 9.29 Å². The lowest BCUT2D eigenvalue weighted by Gasteiger charge is -2.22. The Morgan fingerprint density at radius 3 is 2.27 bits per heavy atom. The predicted molar refractivity (Wildman–Crippen MR) is 137 cm³/mol. The molecule has 0 amide bonds. The molecule has 0 spiro atoms. The zero-order valence-electron chi connectivity index (χ0n) is 19.8. The van der Waals surface area contributed by atoms with E-state index in [2.05, 4.69) is 15.1 Å². The van der Waals surface area contributed by atoms with Crippen LogP contribution in [0.25, 0.3) is 22.3 Å². The fourth-order valence-corrected chi connectivity index (χ4v) is 5.21. The molecule has 0 unspecified atom stereocenters. The number of aromatic nitrogens is 4. The summed E-state index contributed by atoms with van der Waals surface area (Å²) in [5.41, 5.74) is 1.18. The van der Waals surface area contributed by atoms with E-state index >= 15 is 0 Å². The van der Waals surface area contributed by atoms with Crippen molar-refractivity contribution in [2.45, 2.75) is 4.90 Å². The number of aromatic carboxylic acids is 1. The third kappa shape index (κ3) is 4.36. The Labute approximate surface area is 212 Å². The highest BCUT2D eigenvalue weighted by molar-refractivity contribution is 7.92. The topological polar surface area (TPSA) is 128 Å². The number of nitrogens with zero attached hydrogens (tertiary/aromatic N) is 5. The van der Waals surface area contributed by atoms with Gasteiger partial charge in [-0.15, -0.1) is 0 Å². The van der Waals surface area contributed by atoms with Crippen molar-refractivity contribution in [3.63, 3.8) is 0 Å². The Balaban J connectivity index is 1.62. The highest BCUT2D eigenvalue weighted by Gasteiger charge is 2.30. The van der Waals surface area contributed by atoms with Crippen LogP contribution >= 0.6 is 0 Å². The second-order valence-electron chi connectivity index (χ2n) is 8.09. The monoisotopic (exact) mass is 515 g/mol. The summed E-state index contributed by atoms with van der Waals surface area (Å²) >= 11 is 0. The van der Waals surface area contributed by atoms with Crippen LogP contribution in [0.15, 0.2) is 90.2 Å². The number of benzene rings is 2. The fraction of sp³-hybridized carbons (Fsp3) is 0.0769. The number of sulfonamides is 1. The van der Waals surface area contributed by atoms with E-state index in [9.17, 15) is 18.3 Å². The SMILES string of the molecule is CN(c1c(C(=O)O)cnc2c1c(-c1ccccc1)nn2C)S(=O)(=O)c1ccc(Oc2ccncc2)cc1. The molecule has 0 aliphatic carbocycles. The highest BCUT2D eigenvalue weighted by Crippen LogP contribution is 2.38. The van der Waals surface area contributed by atoms with Crippen molar-refractivity contribution in [1.29, 1.82) is 0 Å². The van der Waals surface area contributed by atoms with Crippen LogP contribution < -0.4 is 9.04 Å². The molecule has 0 atom stereocenters. The smallest absolute Gasteiger partial charge is 0.339 e. The Hall–Kier alpha value is -4.77. The van der Waals surface area contributed by atoms with Gasteiger partial charge in [0.25, 0.3) is 10.0 Å². The zero-order chi connectivity index (χ0) is 26.2. The quantitative estimate of drug-likeness (QED) is 0.339. The van der Waals surface area contributed by atoms with Crippen LogP contribution in [-0.4, -0.2) is 46.3 Å². The number of aryl methyl sites for hydroxylation is 1. The van der Waals surface area contributed by atoms with Gasteiger partial charge in [0, 0.05) is 38.2 Å². The molecule has 10 nitrogen and oxygen atoms in total. The van der Waals surface area contributed by atoms with Crippen LogP contribution in [0.3, 0.4) is 0 Å². The molecule has 5 rings (SSSR count). The van der Waals surface area contributed by atoms with Gasteiger partial charge in [0.15, 0.2) is 5.65 Å². The van der Waals surface area contributed by atoms with Gasteiger partial charge in [0.1, 0.15) is 22.8 Å². The maximum Gasteiger partial charge on any atom is 0.339 e. The van der Waals surface area contributed by atoms with Gasteiger partial charge >= 0.3 is 5.97 Å². The average Bonchev–Trinajstić information content (AvgIpc) is 3.25. The Kier molecular flexibility index (Phi) is 6.06. The van der Waals surface area contributed by atoms with E-state index in [4.69, 9.17) is 4.74 Å². The lowest BCUT2D eigenvalue weighted by molar-refractivity contribution is 0.0697. The summed E-state index contributed by atoms with van der Waals surface area (Å²) in [6, 6.07) is 18.3. The summed E-state index contributed by atoms with van der Waals surface area (Å²) in [6.45, 7) is 0. The number of hydrogen-bond donors (Lipinski definition) is 1. The first-order chi connectivity index (χ1) is 17.8. The standard InChI is InChI=1S/C26H21N5O5S/c1-30-25-22(23(29-30)17-6-4-3-5-7-17)24(21(16-28-25)26(32)33)31(2)37(34,35)20-10-8-18(9-11-20)36-19-12-14-27-15-13-19/h3-16H,1-2H3,(H,32,33). The van der Waals surface area contributed by atoms with Crippen molar-refractivity contribution in [3.05, 3.63) is 90.9 Å². The third-order valence-electron chi connectivity index (χ3n) is 5.78. The fourth-order valence-electron chi connectivity index (χ4n) is 3.98. The largest absolute Gasteiger partial charge is 0.478 e. The van der Waals surface area contributed by atoms with Gasteiger partial charge in [0.05, 0.1) is 16.0 Å². The second-order valence-corrected chi connectivity index (χ2v) is 10.1. The molecule has 2 aromatic carbocycles. The molecule has 1 N–H and O–H groups in total. The number of carbonyl (C=O) groups is 1. The number of carboxylic acid groups (broad SMARTS) is 1. The van der Waals surface area contributed by atoms with Crippen LogP contribution in [0.4, 0.5) is 5.69 Å². The van der Waals surface area contributed by atoms with E-state index in [0.717, 1.165) is 10.5 Å². The number of carboxylic acids is 1. The van der Waals surface area contributed by atoms with Crippen molar-refractivity contribution >= 4 is 32.7 Å². The minimum atomic E-state index is -4.18. The van der Waals surface area contributed by atoms with Crippen LogP contribution in [0.5, 0.6) is 11.5 Å². The van der Waals surface area contributed by atoms with Crippen molar-refractivity contribution in [3.8, 4) is 22.8 Å². The molecule has 0 fully saturated rings. The highest BCUT2D eigenvalue weighted by atomic mass is 32.2. The molecule has 37 heavy (non-hydrogen) atoms. The molecule has 3 heterocycles. The molecule has 0 saturated heterocycles. The number of ether oxygens (including phenoxy) is 1. The van der Waals surface area contributed by atoms with E-state index in [0.29, 0.717) is 33.8 Å². The second kappa shape index (κ2) is 9.36. The molecule has 5 aromatic rings. The first-order valence-electron chi connectivity index (χ1n) is 11.1. The van der Waals surface area contributed by atoms with Crippen molar-refractivity contribution in [2.75, 3.05) is 11.4 Å². The number of anilines is 1. The molecule has 186 valence electrons. The Morgan fingerprint density at radius 2 is 1.62 bits per heavy atom. The normalized spacial score (nSPS) is 11.4. The summed E-state index contributed by atoms with van der Waals surface area (Å²) in [6.07, 6.45) is 4.32. The van der Waals surface area contributed by atoms with E-state index in [1.165, 1.54) is 36.0 Å². The van der Waals surface area contributed by atoms with Crippen LogP contribution in [0.1, 0.15) is 10.4 Å². The summed E-state index contributed by atoms with van der Waals surface area (Å²) in [7, 11) is -1.19. The number of rotatable bonds is 7. The predicted octanol–water partition coefficient (Wildman–Crippen LogP) is 4.35. The minimum Gasteiger partial charge on any atom is -0.478 e. The molecule has 3 aromatic heterocycles. The molecule has 0 saturated carbocycles. The lowest BCUT2D eigenvalue weighted by atomic mass is 10.1. The Bertz CT molecular complexity index is 1700. The van der Waals surface area contributed by atoms with Gasteiger partial charge in [-0.2, -0.15) is 5.10 Å². The maximum absolute atomic E-state index is 13.7. The van der Waals surface area contributed by atoms with Gasteiger partial charge in [0.2, 0.25) is 0 Å². The van der Waals surface area contributed by atoms with E-state index in [-0.39, 0.29) is 16.1 Å². The number of pyridine rings is 2. The summed E-state index contributed by atoms with van der Waals surface area (Å²) in [5, 5.41) is 14.8. The molecule has 11 heteroatoms.